The van der Waals surface area contributed by atoms with Gasteiger partial charge in [0.15, 0.2) is 11.0 Å². The maximum Gasteiger partial charge on any atom is 0.342 e. The highest BCUT2D eigenvalue weighted by molar-refractivity contribution is 8.04. The zero-order valence-electron chi connectivity index (χ0n) is 18.3. The van der Waals surface area contributed by atoms with Gasteiger partial charge in [-0.05, 0) is 73.5 Å². The van der Waals surface area contributed by atoms with E-state index in [1.165, 1.54) is 12.1 Å². The number of aromatic nitrogens is 3. The van der Waals surface area contributed by atoms with Gasteiger partial charge in [-0.15, -0.1) is 10.2 Å². The Morgan fingerprint density at radius 3 is 2.53 bits per heavy atom. The Kier molecular flexibility index (Phi) is 7.18. The molecule has 9 nitrogen and oxygen atoms in total. The number of benzene rings is 2. The van der Waals surface area contributed by atoms with E-state index in [-0.39, 0.29) is 10.6 Å². The zero-order valence-corrected chi connectivity index (χ0v) is 19.9. The minimum absolute atomic E-state index is 0.0204. The van der Waals surface area contributed by atoms with E-state index in [1.807, 2.05) is 28.5 Å². The van der Waals surface area contributed by atoms with Crippen molar-refractivity contribution in [3.05, 3.63) is 68.1 Å². The van der Waals surface area contributed by atoms with Crippen molar-refractivity contribution in [3.8, 4) is 11.4 Å². The van der Waals surface area contributed by atoms with Crippen LogP contribution in [0.5, 0.6) is 0 Å². The number of halogens is 1. The van der Waals surface area contributed by atoms with Crippen LogP contribution < -0.4 is 4.90 Å². The van der Waals surface area contributed by atoms with Gasteiger partial charge in [-0.2, -0.15) is 0 Å². The number of nitro benzene ring substituents is 1. The highest BCUT2D eigenvalue weighted by Gasteiger charge is 2.23. The summed E-state index contributed by atoms with van der Waals surface area (Å²) in [7, 11) is 0. The van der Waals surface area contributed by atoms with Crippen molar-refractivity contribution in [1.29, 1.82) is 0 Å². The molecule has 1 saturated heterocycles. The van der Waals surface area contributed by atoms with E-state index in [4.69, 9.17) is 11.6 Å². The smallest absolute Gasteiger partial charge is 0.342 e. The van der Waals surface area contributed by atoms with Crippen LogP contribution in [0, 0.1) is 10.1 Å². The summed E-state index contributed by atoms with van der Waals surface area (Å²) in [5.74, 6) is -0.563. The van der Waals surface area contributed by atoms with E-state index in [0.717, 1.165) is 43.3 Å². The summed E-state index contributed by atoms with van der Waals surface area (Å²) < 4.78 is 1.81. The van der Waals surface area contributed by atoms with E-state index in [9.17, 15) is 20.0 Å². The number of anilines is 1. The van der Waals surface area contributed by atoms with Crippen molar-refractivity contribution in [2.24, 2.45) is 0 Å². The van der Waals surface area contributed by atoms with Crippen LogP contribution in [0.2, 0.25) is 5.02 Å². The van der Waals surface area contributed by atoms with E-state index in [2.05, 4.69) is 10.2 Å². The molecule has 0 radical (unpaired) electrons. The molecule has 176 valence electrons. The third-order valence-electron chi connectivity index (χ3n) is 5.49. The number of aliphatic carboxylic acids is 1. The second-order valence-corrected chi connectivity index (χ2v) is 9.12. The Hall–Kier alpha value is -3.37. The van der Waals surface area contributed by atoms with E-state index in [1.54, 1.807) is 24.3 Å². The predicted molar refractivity (Wildman–Crippen MR) is 132 cm³/mol. The van der Waals surface area contributed by atoms with Crippen LogP contribution in [0.1, 0.15) is 25.3 Å². The van der Waals surface area contributed by atoms with Gasteiger partial charge in [-0.25, -0.2) is 4.79 Å². The number of hydrogen-bond acceptors (Lipinski definition) is 7. The van der Waals surface area contributed by atoms with E-state index >= 15 is 0 Å². The molecule has 1 aliphatic heterocycles. The molecular weight excluding hydrogens is 478 g/mol. The summed E-state index contributed by atoms with van der Waals surface area (Å²) in [6.07, 6.45) is 3.41. The monoisotopic (exact) mass is 499 g/mol. The number of carboxylic acid groups (broad SMARTS) is 1. The highest BCUT2D eigenvalue weighted by Crippen LogP contribution is 2.34. The second kappa shape index (κ2) is 10.3. The molecule has 4 rings (SSSR count). The van der Waals surface area contributed by atoms with Crippen molar-refractivity contribution < 1.29 is 14.8 Å². The quantitative estimate of drug-likeness (QED) is 0.191. The van der Waals surface area contributed by atoms with Gasteiger partial charge in [0.2, 0.25) is 0 Å². The number of nitrogens with zero attached hydrogens (tertiary/aromatic N) is 5. The van der Waals surface area contributed by atoms with Crippen molar-refractivity contribution in [2.45, 2.75) is 31.5 Å². The van der Waals surface area contributed by atoms with Crippen LogP contribution in [-0.2, 0) is 11.3 Å². The number of nitro groups is 1. The molecule has 2 heterocycles. The second-order valence-electron chi connectivity index (χ2n) is 7.67. The molecular formula is C23H22ClN5O4S. The molecule has 0 amide bonds. The first-order chi connectivity index (χ1) is 16.4. The third kappa shape index (κ3) is 5.07. The Bertz CT molecular complexity index is 1250. The fraction of sp³-hybridized carbons (Fsp3) is 0.261. The number of rotatable bonds is 8. The molecule has 11 heteroatoms. The van der Waals surface area contributed by atoms with Crippen LogP contribution in [0.4, 0.5) is 11.4 Å². The average molecular weight is 500 g/mol. The molecule has 0 saturated carbocycles. The first-order valence-corrected chi connectivity index (χ1v) is 11.9. The summed E-state index contributed by atoms with van der Waals surface area (Å²) in [6.45, 7) is 3.98. The average Bonchev–Trinajstić information content (AvgIpc) is 3.49. The van der Waals surface area contributed by atoms with Gasteiger partial charge in [-0.3, -0.25) is 10.1 Å². The minimum Gasteiger partial charge on any atom is -0.477 e. The summed E-state index contributed by atoms with van der Waals surface area (Å²) in [4.78, 5) is 25.2. The Morgan fingerprint density at radius 2 is 1.91 bits per heavy atom. The number of hydrogen-bond donors (Lipinski definition) is 1. The molecule has 1 aromatic heterocycles. The van der Waals surface area contributed by atoms with Gasteiger partial charge >= 0.3 is 5.97 Å². The molecule has 2 aromatic carbocycles. The first kappa shape index (κ1) is 23.8. The molecule has 1 N–H and O–H groups in total. The summed E-state index contributed by atoms with van der Waals surface area (Å²) >= 11 is 6.92. The highest BCUT2D eigenvalue weighted by atomic mass is 35.5. The molecule has 34 heavy (non-hydrogen) atoms. The van der Waals surface area contributed by atoms with Crippen LogP contribution in [0.3, 0.4) is 0 Å². The lowest BCUT2D eigenvalue weighted by Crippen LogP contribution is -2.18. The Labute approximate surface area is 205 Å². The summed E-state index contributed by atoms with van der Waals surface area (Å²) in [5, 5.41) is 30.9. The lowest BCUT2D eigenvalue weighted by Gasteiger charge is -2.17. The van der Waals surface area contributed by atoms with Gasteiger partial charge in [0.25, 0.3) is 5.69 Å². The van der Waals surface area contributed by atoms with Crippen molar-refractivity contribution in [2.75, 3.05) is 18.0 Å². The summed E-state index contributed by atoms with van der Waals surface area (Å²) in [5.41, 5.74) is 1.76. The van der Waals surface area contributed by atoms with Gasteiger partial charge < -0.3 is 14.6 Å². The van der Waals surface area contributed by atoms with Crippen LogP contribution in [0.25, 0.3) is 17.5 Å². The van der Waals surface area contributed by atoms with Gasteiger partial charge in [0.05, 0.1) is 4.92 Å². The molecule has 0 atom stereocenters. The van der Waals surface area contributed by atoms with Crippen LogP contribution in [0.15, 0.2) is 52.5 Å². The van der Waals surface area contributed by atoms with Crippen molar-refractivity contribution in [3.63, 3.8) is 0 Å². The Morgan fingerprint density at radius 1 is 1.21 bits per heavy atom. The van der Waals surface area contributed by atoms with Crippen LogP contribution >= 0.6 is 23.4 Å². The SMILES string of the molecule is CCn1c(S/C(=C/c2ccc(N3CCCC3)c([N+](=O)[O-])c2)C(=O)O)nnc1-c1ccc(Cl)cc1. The van der Waals surface area contributed by atoms with Crippen molar-refractivity contribution in [1.82, 2.24) is 14.8 Å². The zero-order chi connectivity index (χ0) is 24.2. The lowest BCUT2D eigenvalue weighted by molar-refractivity contribution is -0.384. The third-order valence-corrected chi connectivity index (χ3v) is 6.74. The first-order valence-electron chi connectivity index (χ1n) is 10.7. The number of thioether (sulfide) groups is 1. The normalized spacial score (nSPS) is 13.9. The van der Waals surface area contributed by atoms with Gasteiger partial charge in [0, 0.05) is 36.3 Å². The summed E-state index contributed by atoms with van der Waals surface area (Å²) in [6, 6.07) is 11.9. The van der Waals surface area contributed by atoms with Crippen molar-refractivity contribution >= 4 is 46.8 Å². The van der Waals surface area contributed by atoms with E-state index in [0.29, 0.717) is 33.8 Å². The Balaban J connectivity index is 1.66. The largest absolute Gasteiger partial charge is 0.477 e. The molecule has 0 aliphatic carbocycles. The maximum atomic E-state index is 12.0. The molecule has 3 aromatic rings. The molecule has 0 bridgehead atoms. The van der Waals surface area contributed by atoms with Gasteiger partial charge in [0.1, 0.15) is 10.6 Å². The fourth-order valence-corrected chi connectivity index (χ4v) is 4.86. The fourth-order valence-electron chi connectivity index (χ4n) is 3.85. The van der Waals surface area contributed by atoms with Gasteiger partial charge in [-0.1, -0.05) is 17.7 Å². The number of carboxylic acids is 1. The topological polar surface area (TPSA) is 114 Å². The molecule has 1 fully saturated rings. The van der Waals surface area contributed by atoms with Crippen LogP contribution in [-0.4, -0.2) is 43.9 Å². The molecule has 1 aliphatic rings. The lowest BCUT2D eigenvalue weighted by atomic mass is 10.1. The molecule has 0 unspecified atom stereocenters. The maximum absolute atomic E-state index is 12.0. The number of carbonyl (C=O) groups is 1. The predicted octanol–water partition coefficient (Wildman–Crippen LogP) is 5.34. The minimum atomic E-state index is -1.16. The van der Waals surface area contributed by atoms with E-state index < -0.39 is 10.9 Å². The molecule has 0 spiro atoms. The standard InChI is InChI=1S/C23H22ClN5O4S/c1-2-28-21(16-6-8-17(24)9-7-16)25-26-23(28)34-20(22(30)31)14-15-5-10-18(19(13-15)29(32)33)27-11-3-4-12-27/h5-10,13-14H,2-4,11-12H2,1H3,(H,30,31)/b20-14+.